The Morgan fingerprint density at radius 1 is 1.42 bits per heavy atom. The molecule has 0 fully saturated rings. The number of aliphatic carboxylic acids is 1. The predicted octanol–water partition coefficient (Wildman–Crippen LogP) is -1.02. The van der Waals surface area contributed by atoms with Crippen LogP contribution in [-0.4, -0.2) is 33.8 Å². The number of aliphatic hydroxyl groups excluding tert-OH is 1. The molecule has 0 unspecified atom stereocenters. The van der Waals surface area contributed by atoms with Gasteiger partial charge in [-0.3, -0.25) is 4.79 Å². The Balaban J connectivity index is 0. The van der Waals surface area contributed by atoms with Crippen molar-refractivity contribution in [3.05, 3.63) is 0 Å². The first-order valence-electron chi connectivity index (χ1n) is 3.43. The van der Waals surface area contributed by atoms with Gasteiger partial charge in [0, 0.05) is 0 Å². The minimum absolute atomic E-state index is 0. The van der Waals surface area contributed by atoms with Gasteiger partial charge in [-0.15, -0.1) is 0 Å². The molecule has 0 aliphatic heterocycles. The molecule has 12 heavy (non-hydrogen) atoms. The highest BCUT2D eigenvalue weighted by Crippen LogP contribution is 2.20. The van der Waals surface area contributed by atoms with Crippen LogP contribution in [0.25, 0.3) is 0 Å². The van der Waals surface area contributed by atoms with Gasteiger partial charge in [-0.05, 0) is 5.41 Å². The monoisotopic (exact) mass is 179 g/mol. The summed E-state index contributed by atoms with van der Waals surface area (Å²) in [5, 5.41) is 17.7. The van der Waals surface area contributed by atoms with E-state index < -0.39 is 23.5 Å². The highest BCUT2D eigenvalue weighted by Gasteiger charge is 2.32. The maximum atomic E-state index is 10.3. The van der Waals surface area contributed by atoms with Crippen LogP contribution in [0.2, 0.25) is 0 Å². The molecule has 0 saturated heterocycles. The lowest BCUT2D eigenvalue weighted by Crippen LogP contribution is -2.48. The summed E-state index contributed by atoms with van der Waals surface area (Å²) in [6.07, 6.45) is -1.01. The number of nitrogens with two attached hydrogens (primary N) is 1. The maximum absolute atomic E-state index is 10.3. The van der Waals surface area contributed by atoms with E-state index in [0.717, 1.165) is 0 Å². The molecule has 0 aromatic rings. The SMILES string of the molecule is CC(C)(C)[C@@H](O)[C@H](N)C(=O)O.O. The van der Waals surface area contributed by atoms with E-state index in [-0.39, 0.29) is 5.48 Å². The molecule has 0 amide bonds. The molecule has 0 aromatic carbocycles. The van der Waals surface area contributed by atoms with Crippen LogP contribution in [0.5, 0.6) is 0 Å². The van der Waals surface area contributed by atoms with Crippen molar-refractivity contribution in [1.29, 1.82) is 0 Å². The molecule has 74 valence electrons. The minimum Gasteiger partial charge on any atom is -0.480 e. The average Bonchev–Trinajstić information content (AvgIpc) is 1.82. The molecule has 0 spiro atoms. The van der Waals surface area contributed by atoms with E-state index in [9.17, 15) is 9.90 Å². The van der Waals surface area contributed by atoms with Crippen LogP contribution in [0.3, 0.4) is 0 Å². The third-order valence-electron chi connectivity index (χ3n) is 1.51. The molecule has 0 saturated carbocycles. The fraction of sp³-hybridized carbons (Fsp3) is 0.857. The minimum atomic E-state index is -1.20. The predicted molar refractivity (Wildman–Crippen MR) is 44.7 cm³/mol. The van der Waals surface area contributed by atoms with E-state index in [0.29, 0.717) is 0 Å². The molecular weight excluding hydrogens is 162 g/mol. The van der Waals surface area contributed by atoms with Crippen LogP contribution in [0.4, 0.5) is 0 Å². The van der Waals surface area contributed by atoms with Crippen molar-refractivity contribution in [3.8, 4) is 0 Å². The van der Waals surface area contributed by atoms with Gasteiger partial charge in [0.1, 0.15) is 6.04 Å². The summed E-state index contributed by atoms with van der Waals surface area (Å²) >= 11 is 0. The fourth-order valence-corrected chi connectivity index (χ4v) is 0.674. The standard InChI is InChI=1S/C7H15NO3.H2O/c1-7(2,3)5(9)4(8)6(10)11;/h4-5,9H,8H2,1-3H3,(H,10,11);1H2/t4-,5-;/m0./s1. The van der Waals surface area contributed by atoms with Crippen molar-refractivity contribution < 1.29 is 20.5 Å². The molecule has 0 bridgehead atoms. The van der Waals surface area contributed by atoms with Gasteiger partial charge in [0.2, 0.25) is 0 Å². The molecule has 0 rings (SSSR count). The van der Waals surface area contributed by atoms with Crippen LogP contribution < -0.4 is 5.73 Å². The highest BCUT2D eigenvalue weighted by atomic mass is 16.4. The molecule has 0 radical (unpaired) electrons. The van der Waals surface area contributed by atoms with E-state index in [1.54, 1.807) is 20.8 Å². The third kappa shape index (κ3) is 3.66. The Hall–Kier alpha value is -0.650. The van der Waals surface area contributed by atoms with E-state index >= 15 is 0 Å². The second-order valence-electron chi connectivity index (χ2n) is 3.67. The number of hydrogen-bond acceptors (Lipinski definition) is 3. The van der Waals surface area contributed by atoms with E-state index in [1.165, 1.54) is 0 Å². The van der Waals surface area contributed by atoms with E-state index in [2.05, 4.69) is 0 Å². The van der Waals surface area contributed by atoms with Crippen molar-refractivity contribution >= 4 is 5.97 Å². The maximum Gasteiger partial charge on any atom is 0.323 e. The summed E-state index contributed by atoms with van der Waals surface area (Å²) in [4.78, 5) is 10.3. The molecule has 0 aliphatic carbocycles. The van der Waals surface area contributed by atoms with Crippen LogP contribution in [-0.2, 0) is 4.79 Å². The molecule has 0 aromatic heterocycles. The summed E-state index contributed by atoms with van der Waals surface area (Å²) in [7, 11) is 0. The zero-order valence-electron chi connectivity index (χ0n) is 7.53. The van der Waals surface area contributed by atoms with Crippen molar-refractivity contribution in [2.75, 3.05) is 0 Å². The second kappa shape index (κ2) is 4.39. The van der Waals surface area contributed by atoms with E-state index in [1.807, 2.05) is 0 Å². The number of carbonyl (C=O) groups is 1. The van der Waals surface area contributed by atoms with Crippen molar-refractivity contribution in [3.63, 3.8) is 0 Å². The molecule has 5 nitrogen and oxygen atoms in total. The van der Waals surface area contributed by atoms with Gasteiger partial charge in [0.05, 0.1) is 6.10 Å². The van der Waals surface area contributed by atoms with Crippen molar-refractivity contribution in [2.24, 2.45) is 11.1 Å². The van der Waals surface area contributed by atoms with Crippen molar-refractivity contribution in [2.45, 2.75) is 32.9 Å². The molecule has 2 atom stereocenters. The highest BCUT2D eigenvalue weighted by molar-refractivity contribution is 5.74. The number of aliphatic hydroxyl groups is 1. The second-order valence-corrected chi connectivity index (χ2v) is 3.67. The number of carboxylic acid groups (broad SMARTS) is 1. The Kier molecular flexibility index (Phi) is 5.09. The summed E-state index contributed by atoms with van der Waals surface area (Å²) < 4.78 is 0. The Bertz CT molecular complexity index is 152. The number of carboxylic acids is 1. The van der Waals surface area contributed by atoms with Crippen LogP contribution in [0, 0.1) is 5.41 Å². The van der Waals surface area contributed by atoms with Gasteiger partial charge < -0.3 is 21.4 Å². The summed E-state index contributed by atoms with van der Waals surface area (Å²) in [6.45, 7) is 5.21. The molecule has 6 N–H and O–H groups in total. The molecule has 0 aliphatic rings. The van der Waals surface area contributed by atoms with Gasteiger partial charge >= 0.3 is 5.97 Å². The van der Waals surface area contributed by atoms with Gasteiger partial charge in [-0.25, -0.2) is 0 Å². The first kappa shape index (κ1) is 13.9. The summed E-state index contributed by atoms with van der Waals surface area (Å²) in [5.41, 5.74) is 4.71. The lowest BCUT2D eigenvalue weighted by Gasteiger charge is -2.28. The normalized spacial score (nSPS) is 16.1. The molecule has 0 heterocycles. The number of rotatable bonds is 2. The summed E-state index contributed by atoms with van der Waals surface area (Å²) in [6, 6.07) is -1.20. The topological polar surface area (TPSA) is 115 Å². The zero-order chi connectivity index (χ0) is 9.23. The quantitative estimate of drug-likeness (QED) is 0.503. The third-order valence-corrected chi connectivity index (χ3v) is 1.51. The smallest absolute Gasteiger partial charge is 0.323 e. The molecule has 5 heteroatoms. The molecular formula is C7H17NO4. The van der Waals surface area contributed by atoms with Crippen LogP contribution >= 0.6 is 0 Å². The van der Waals surface area contributed by atoms with Gasteiger partial charge in [-0.1, -0.05) is 20.8 Å². The number of hydrogen-bond donors (Lipinski definition) is 3. The Morgan fingerprint density at radius 3 is 1.83 bits per heavy atom. The van der Waals surface area contributed by atoms with Gasteiger partial charge in [0.25, 0.3) is 0 Å². The zero-order valence-corrected chi connectivity index (χ0v) is 7.53. The summed E-state index contributed by atoms with van der Waals surface area (Å²) in [5.74, 6) is -1.17. The van der Waals surface area contributed by atoms with Crippen molar-refractivity contribution in [1.82, 2.24) is 0 Å². The lowest BCUT2D eigenvalue weighted by molar-refractivity contribution is -0.143. The first-order chi connectivity index (χ1) is 4.76. The lowest BCUT2D eigenvalue weighted by atomic mass is 9.85. The van der Waals surface area contributed by atoms with Gasteiger partial charge in [-0.2, -0.15) is 0 Å². The Morgan fingerprint density at radius 2 is 1.75 bits per heavy atom. The van der Waals surface area contributed by atoms with E-state index in [4.69, 9.17) is 10.8 Å². The van der Waals surface area contributed by atoms with Crippen LogP contribution in [0.1, 0.15) is 20.8 Å². The van der Waals surface area contributed by atoms with Crippen LogP contribution in [0.15, 0.2) is 0 Å². The largest absolute Gasteiger partial charge is 0.480 e. The first-order valence-corrected chi connectivity index (χ1v) is 3.43. The average molecular weight is 179 g/mol. The van der Waals surface area contributed by atoms with Gasteiger partial charge in [0.15, 0.2) is 0 Å². The fourth-order valence-electron chi connectivity index (χ4n) is 0.674. The Labute approximate surface area is 71.5 Å².